The summed E-state index contributed by atoms with van der Waals surface area (Å²) >= 11 is 0. The third kappa shape index (κ3) is 4.28. The van der Waals surface area contributed by atoms with Crippen LogP contribution in [-0.4, -0.2) is 23.2 Å². The van der Waals surface area contributed by atoms with Crippen LogP contribution in [0, 0.1) is 5.92 Å². The van der Waals surface area contributed by atoms with Crippen molar-refractivity contribution in [3.8, 4) is 11.1 Å². The minimum atomic E-state index is -0.775. The molecule has 22 heavy (non-hydrogen) atoms. The van der Waals surface area contributed by atoms with Crippen LogP contribution in [0.5, 0.6) is 0 Å². The molecular formula is C19H22O2S. The van der Waals surface area contributed by atoms with Crippen LogP contribution in [0.1, 0.15) is 18.4 Å². The SMILES string of the molecule is O=S(Cc1ccc(-c2ccccc2)cc1)CC1CCOCC1. The van der Waals surface area contributed by atoms with Crippen molar-refractivity contribution in [2.75, 3.05) is 19.0 Å². The van der Waals surface area contributed by atoms with Gasteiger partial charge in [-0.25, -0.2) is 0 Å². The highest BCUT2D eigenvalue weighted by Gasteiger charge is 2.16. The largest absolute Gasteiger partial charge is 0.381 e. The first-order chi connectivity index (χ1) is 10.8. The molecule has 1 aliphatic heterocycles. The minimum absolute atomic E-state index is 0.568. The van der Waals surface area contributed by atoms with Crippen molar-refractivity contribution in [1.82, 2.24) is 0 Å². The molecule has 3 heteroatoms. The molecule has 0 spiro atoms. The Labute approximate surface area is 135 Å². The van der Waals surface area contributed by atoms with Gasteiger partial charge in [0.1, 0.15) is 0 Å². The Bertz CT molecular complexity index is 601. The van der Waals surface area contributed by atoms with E-state index in [1.54, 1.807) is 0 Å². The smallest absolute Gasteiger partial charge is 0.0485 e. The highest BCUT2D eigenvalue weighted by atomic mass is 32.2. The molecule has 0 saturated carbocycles. The van der Waals surface area contributed by atoms with Gasteiger partial charge in [0, 0.05) is 35.5 Å². The molecule has 1 heterocycles. The fraction of sp³-hybridized carbons (Fsp3) is 0.368. The minimum Gasteiger partial charge on any atom is -0.381 e. The van der Waals surface area contributed by atoms with E-state index in [4.69, 9.17) is 4.74 Å². The zero-order chi connectivity index (χ0) is 15.2. The van der Waals surface area contributed by atoms with Gasteiger partial charge in [-0.1, -0.05) is 54.6 Å². The van der Waals surface area contributed by atoms with E-state index in [-0.39, 0.29) is 0 Å². The predicted molar refractivity (Wildman–Crippen MR) is 92.1 cm³/mol. The maximum absolute atomic E-state index is 12.3. The van der Waals surface area contributed by atoms with Crippen LogP contribution in [0.25, 0.3) is 11.1 Å². The molecule has 2 aromatic carbocycles. The average Bonchev–Trinajstić information content (AvgIpc) is 2.57. The quantitative estimate of drug-likeness (QED) is 0.833. The fourth-order valence-corrected chi connectivity index (χ4v) is 4.39. The van der Waals surface area contributed by atoms with Gasteiger partial charge >= 0.3 is 0 Å². The fourth-order valence-electron chi connectivity index (χ4n) is 2.84. The molecule has 0 N–H and O–H groups in total. The molecule has 2 nitrogen and oxygen atoms in total. The van der Waals surface area contributed by atoms with Gasteiger partial charge in [-0.15, -0.1) is 0 Å². The topological polar surface area (TPSA) is 26.3 Å². The normalized spacial score (nSPS) is 17.3. The summed E-state index contributed by atoms with van der Waals surface area (Å²) in [7, 11) is -0.775. The van der Waals surface area contributed by atoms with Gasteiger partial charge in [0.05, 0.1) is 0 Å². The summed E-state index contributed by atoms with van der Waals surface area (Å²) < 4.78 is 17.7. The number of rotatable bonds is 5. The molecule has 0 aliphatic carbocycles. The van der Waals surface area contributed by atoms with E-state index in [0.717, 1.165) is 37.4 Å². The van der Waals surface area contributed by atoms with Gasteiger partial charge in [0.2, 0.25) is 0 Å². The van der Waals surface area contributed by atoms with Crippen molar-refractivity contribution in [2.24, 2.45) is 5.92 Å². The second-order valence-electron chi connectivity index (χ2n) is 5.87. The molecule has 0 radical (unpaired) electrons. The molecule has 2 aromatic rings. The first-order valence-corrected chi connectivity index (χ1v) is 9.37. The summed E-state index contributed by atoms with van der Waals surface area (Å²) in [6.45, 7) is 1.65. The summed E-state index contributed by atoms with van der Waals surface area (Å²) in [6, 6.07) is 18.8. The van der Waals surface area contributed by atoms with Gasteiger partial charge in [-0.05, 0) is 35.4 Å². The maximum atomic E-state index is 12.3. The third-order valence-electron chi connectivity index (χ3n) is 4.15. The van der Waals surface area contributed by atoms with E-state index in [0.29, 0.717) is 11.7 Å². The molecule has 1 atom stereocenters. The van der Waals surface area contributed by atoms with Crippen LogP contribution in [0.15, 0.2) is 54.6 Å². The molecule has 1 aliphatic rings. The van der Waals surface area contributed by atoms with Crippen LogP contribution < -0.4 is 0 Å². The van der Waals surface area contributed by atoms with Gasteiger partial charge in [-0.3, -0.25) is 4.21 Å². The van der Waals surface area contributed by atoms with Crippen molar-refractivity contribution in [2.45, 2.75) is 18.6 Å². The van der Waals surface area contributed by atoms with Crippen LogP contribution in [-0.2, 0) is 21.3 Å². The monoisotopic (exact) mass is 314 g/mol. The predicted octanol–water partition coefficient (Wildman–Crippen LogP) is 4.03. The third-order valence-corrected chi connectivity index (χ3v) is 5.65. The number of hydrogen-bond donors (Lipinski definition) is 0. The van der Waals surface area contributed by atoms with Crippen molar-refractivity contribution in [3.05, 3.63) is 60.2 Å². The molecule has 0 aromatic heterocycles. The molecule has 1 fully saturated rings. The standard InChI is InChI=1S/C19H22O2S/c20-22(15-17-10-12-21-13-11-17)14-16-6-8-19(9-7-16)18-4-2-1-3-5-18/h1-9,17H,10-15H2. The Morgan fingerprint density at radius 2 is 1.55 bits per heavy atom. The van der Waals surface area contributed by atoms with Crippen molar-refractivity contribution < 1.29 is 8.95 Å². The van der Waals surface area contributed by atoms with Crippen molar-refractivity contribution in [1.29, 1.82) is 0 Å². The molecule has 3 rings (SSSR count). The number of hydrogen-bond acceptors (Lipinski definition) is 2. The number of ether oxygens (including phenoxy) is 1. The Morgan fingerprint density at radius 1 is 0.909 bits per heavy atom. The lowest BCUT2D eigenvalue weighted by Gasteiger charge is -2.21. The van der Waals surface area contributed by atoms with Gasteiger partial charge in [0.15, 0.2) is 0 Å². The van der Waals surface area contributed by atoms with E-state index in [1.807, 2.05) is 18.2 Å². The summed E-state index contributed by atoms with van der Waals surface area (Å²) in [5.74, 6) is 2.04. The van der Waals surface area contributed by atoms with Crippen LogP contribution in [0.3, 0.4) is 0 Å². The van der Waals surface area contributed by atoms with Crippen molar-refractivity contribution >= 4 is 10.8 Å². The lowest BCUT2D eigenvalue weighted by molar-refractivity contribution is 0.0725. The maximum Gasteiger partial charge on any atom is 0.0485 e. The molecule has 0 amide bonds. The zero-order valence-electron chi connectivity index (χ0n) is 12.7. The summed E-state index contributed by atoms with van der Waals surface area (Å²) in [5.41, 5.74) is 3.59. The first-order valence-electron chi connectivity index (χ1n) is 7.88. The molecule has 116 valence electrons. The van der Waals surface area contributed by atoms with E-state index < -0.39 is 10.8 Å². The Hall–Kier alpha value is -1.45. The average molecular weight is 314 g/mol. The van der Waals surface area contributed by atoms with Crippen molar-refractivity contribution in [3.63, 3.8) is 0 Å². The second-order valence-corrected chi connectivity index (χ2v) is 7.37. The van der Waals surface area contributed by atoms with Crippen LogP contribution >= 0.6 is 0 Å². The Balaban J connectivity index is 1.57. The van der Waals surface area contributed by atoms with E-state index in [1.165, 1.54) is 11.1 Å². The van der Waals surface area contributed by atoms with E-state index >= 15 is 0 Å². The van der Waals surface area contributed by atoms with E-state index in [2.05, 4.69) is 36.4 Å². The lowest BCUT2D eigenvalue weighted by atomic mass is 10.0. The van der Waals surface area contributed by atoms with Crippen LogP contribution in [0.4, 0.5) is 0 Å². The Morgan fingerprint density at radius 3 is 2.23 bits per heavy atom. The zero-order valence-corrected chi connectivity index (χ0v) is 13.6. The summed E-state index contributed by atoms with van der Waals surface area (Å²) in [4.78, 5) is 0. The highest BCUT2D eigenvalue weighted by Crippen LogP contribution is 2.21. The molecule has 1 saturated heterocycles. The summed E-state index contributed by atoms with van der Waals surface area (Å²) in [6.07, 6.45) is 2.11. The first kappa shape index (κ1) is 15.4. The van der Waals surface area contributed by atoms with Crippen LogP contribution in [0.2, 0.25) is 0 Å². The molecular weight excluding hydrogens is 292 g/mol. The molecule has 1 unspecified atom stereocenters. The van der Waals surface area contributed by atoms with Gasteiger partial charge < -0.3 is 4.74 Å². The Kier molecular flexibility index (Phi) is 5.41. The second kappa shape index (κ2) is 7.70. The van der Waals surface area contributed by atoms with E-state index in [9.17, 15) is 4.21 Å². The summed E-state index contributed by atoms with van der Waals surface area (Å²) in [5, 5.41) is 0. The lowest BCUT2D eigenvalue weighted by Crippen LogP contribution is -2.21. The molecule has 0 bridgehead atoms. The highest BCUT2D eigenvalue weighted by molar-refractivity contribution is 7.84. The number of benzene rings is 2. The van der Waals surface area contributed by atoms with Gasteiger partial charge in [-0.2, -0.15) is 0 Å². The van der Waals surface area contributed by atoms with Gasteiger partial charge in [0.25, 0.3) is 0 Å².